The predicted molar refractivity (Wildman–Crippen MR) is 105 cm³/mol. The van der Waals surface area contributed by atoms with Crippen LogP contribution in [0.4, 0.5) is 5.95 Å². The van der Waals surface area contributed by atoms with Gasteiger partial charge in [-0.1, -0.05) is 42.1 Å². The van der Waals surface area contributed by atoms with Gasteiger partial charge in [-0.05, 0) is 24.7 Å². The van der Waals surface area contributed by atoms with Crippen molar-refractivity contribution in [2.75, 3.05) is 24.2 Å². The normalized spacial score (nSPS) is 17.8. The van der Waals surface area contributed by atoms with Crippen molar-refractivity contribution >= 4 is 28.9 Å². The van der Waals surface area contributed by atoms with Gasteiger partial charge < -0.3 is 10.6 Å². The Hall–Kier alpha value is -2.32. The number of imidazole rings is 1. The van der Waals surface area contributed by atoms with Crippen LogP contribution in [0.5, 0.6) is 0 Å². The lowest BCUT2D eigenvalue weighted by Crippen LogP contribution is -2.44. The van der Waals surface area contributed by atoms with Crippen molar-refractivity contribution in [2.24, 2.45) is 5.73 Å². The highest BCUT2D eigenvalue weighted by molar-refractivity contribution is 7.98. The number of hydrogen-bond acceptors (Lipinski definition) is 6. The van der Waals surface area contributed by atoms with E-state index in [2.05, 4.69) is 27.0 Å². The molecule has 0 amide bonds. The highest BCUT2D eigenvalue weighted by Gasteiger charge is 2.24. The molecule has 0 aliphatic carbocycles. The van der Waals surface area contributed by atoms with E-state index < -0.39 is 0 Å². The highest BCUT2D eigenvalue weighted by Crippen LogP contribution is 2.24. The summed E-state index contributed by atoms with van der Waals surface area (Å²) >= 11 is 1.40. The molecule has 0 saturated carbocycles. The van der Waals surface area contributed by atoms with Crippen molar-refractivity contribution in [3.8, 4) is 0 Å². The maximum Gasteiger partial charge on any atom is 0.277 e. The molecule has 7 nitrogen and oxygen atoms in total. The summed E-state index contributed by atoms with van der Waals surface area (Å²) in [7, 11) is 0. The molecule has 0 spiro atoms. The Labute approximate surface area is 155 Å². The van der Waals surface area contributed by atoms with Gasteiger partial charge in [0.1, 0.15) is 0 Å². The van der Waals surface area contributed by atoms with E-state index in [1.807, 2.05) is 29.0 Å². The smallest absolute Gasteiger partial charge is 0.277 e. The molecule has 1 unspecified atom stereocenters. The van der Waals surface area contributed by atoms with Gasteiger partial charge in [-0.2, -0.15) is 4.98 Å². The zero-order chi connectivity index (χ0) is 18.1. The molecule has 1 fully saturated rings. The molecule has 26 heavy (non-hydrogen) atoms. The third-order valence-electron chi connectivity index (χ3n) is 4.69. The van der Waals surface area contributed by atoms with Crippen molar-refractivity contribution in [1.82, 2.24) is 19.5 Å². The van der Waals surface area contributed by atoms with E-state index in [4.69, 9.17) is 10.7 Å². The van der Waals surface area contributed by atoms with Crippen LogP contribution in [-0.4, -0.2) is 44.9 Å². The summed E-state index contributed by atoms with van der Waals surface area (Å²) in [4.78, 5) is 27.0. The fourth-order valence-corrected chi connectivity index (χ4v) is 3.83. The highest BCUT2D eigenvalue weighted by atomic mass is 32.2. The lowest BCUT2D eigenvalue weighted by Gasteiger charge is -2.31. The maximum atomic E-state index is 12.7. The summed E-state index contributed by atoms with van der Waals surface area (Å²) in [6.07, 6.45) is 3.93. The molecule has 3 heterocycles. The van der Waals surface area contributed by atoms with Gasteiger partial charge in [0.25, 0.3) is 5.56 Å². The fraction of sp³-hybridized carbons (Fsp3) is 0.389. The van der Waals surface area contributed by atoms with Crippen LogP contribution in [0.2, 0.25) is 0 Å². The summed E-state index contributed by atoms with van der Waals surface area (Å²) in [5.41, 5.74) is 8.13. The molecule has 1 aliphatic rings. The van der Waals surface area contributed by atoms with E-state index in [0.29, 0.717) is 22.9 Å². The van der Waals surface area contributed by atoms with Crippen LogP contribution >= 0.6 is 11.8 Å². The van der Waals surface area contributed by atoms with Crippen LogP contribution in [-0.2, 0) is 6.54 Å². The number of aromatic amines is 1. The SMILES string of the molecule is CSc1nc2nc(N3CCCC(N)C3)n(Cc3ccccc3)c2c(=O)[nH]1. The zero-order valence-corrected chi connectivity index (χ0v) is 15.5. The number of anilines is 1. The number of aromatic nitrogens is 4. The van der Waals surface area contributed by atoms with Crippen LogP contribution in [0, 0.1) is 0 Å². The molecule has 4 rings (SSSR count). The first-order chi connectivity index (χ1) is 12.7. The number of fused-ring (bicyclic) bond motifs is 1. The molecule has 0 bridgehead atoms. The van der Waals surface area contributed by atoms with Crippen LogP contribution in [0.3, 0.4) is 0 Å². The van der Waals surface area contributed by atoms with E-state index in [-0.39, 0.29) is 11.6 Å². The molecule has 0 radical (unpaired) electrons. The molecule has 3 aromatic rings. The summed E-state index contributed by atoms with van der Waals surface area (Å²) in [5.74, 6) is 0.773. The first kappa shape index (κ1) is 17.1. The Balaban J connectivity index is 1.87. The molecular weight excluding hydrogens is 348 g/mol. The predicted octanol–water partition coefficient (Wildman–Crippen LogP) is 1.82. The number of nitrogens with two attached hydrogens (primary N) is 1. The Bertz CT molecular complexity index is 967. The Morgan fingerprint density at radius 2 is 2.12 bits per heavy atom. The first-order valence-electron chi connectivity index (χ1n) is 8.74. The van der Waals surface area contributed by atoms with Gasteiger partial charge in [0.15, 0.2) is 16.3 Å². The number of piperidine rings is 1. The number of nitrogens with one attached hydrogen (secondary N) is 1. The number of H-pyrrole nitrogens is 1. The van der Waals surface area contributed by atoms with Crippen molar-refractivity contribution in [1.29, 1.82) is 0 Å². The van der Waals surface area contributed by atoms with Gasteiger partial charge in [0.05, 0.1) is 6.54 Å². The number of rotatable bonds is 4. The van der Waals surface area contributed by atoms with E-state index in [1.165, 1.54) is 11.8 Å². The number of nitrogens with zero attached hydrogens (tertiary/aromatic N) is 4. The van der Waals surface area contributed by atoms with Crippen molar-refractivity contribution in [2.45, 2.75) is 30.6 Å². The standard InChI is InChI=1S/C18H22N6OS/c1-26-17-20-15-14(16(25)22-17)24(10-12-6-3-2-4-7-12)18(21-15)23-9-5-8-13(19)11-23/h2-4,6-7,13H,5,8-11,19H2,1H3,(H,20,22,25). The Kier molecular flexibility index (Phi) is 4.69. The monoisotopic (exact) mass is 370 g/mol. The molecule has 1 aliphatic heterocycles. The third-order valence-corrected chi connectivity index (χ3v) is 5.27. The molecule has 1 aromatic carbocycles. The summed E-state index contributed by atoms with van der Waals surface area (Å²) in [5, 5.41) is 0.578. The molecule has 8 heteroatoms. The first-order valence-corrected chi connectivity index (χ1v) is 9.97. The lowest BCUT2D eigenvalue weighted by atomic mass is 10.1. The van der Waals surface area contributed by atoms with E-state index in [9.17, 15) is 4.79 Å². The molecule has 136 valence electrons. The summed E-state index contributed by atoms with van der Waals surface area (Å²) in [6, 6.07) is 10.2. The fourth-order valence-electron chi connectivity index (χ4n) is 3.46. The van der Waals surface area contributed by atoms with Crippen molar-refractivity contribution in [3.63, 3.8) is 0 Å². The maximum absolute atomic E-state index is 12.7. The van der Waals surface area contributed by atoms with Gasteiger partial charge in [0.2, 0.25) is 5.95 Å². The topological polar surface area (TPSA) is 92.8 Å². The molecule has 2 aromatic heterocycles. The van der Waals surface area contributed by atoms with Gasteiger partial charge in [-0.25, -0.2) is 4.98 Å². The van der Waals surface area contributed by atoms with E-state index in [1.54, 1.807) is 0 Å². The second-order valence-electron chi connectivity index (χ2n) is 6.58. The average molecular weight is 370 g/mol. The van der Waals surface area contributed by atoms with Gasteiger partial charge in [0, 0.05) is 19.1 Å². The van der Waals surface area contributed by atoms with Crippen LogP contribution in [0.15, 0.2) is 40.3 Å². The second-order valence-corrected chi connectivity index (χ2v) is 7.37. The quantitative estimate of drug-likeness (QED) is 0.537. The average Bonchev–Trinajstić information content (AvgIpc) is 3.01. The van der Waals surface area contributed by atoms with Gasteiger partial charge in [-0.3, -0.25) is 14.3 Å². The summed E-state index contributed by atoms with van der Waals surface area (Å²) in [6.45, 7) is 2.20. The van der Waals surface area contributed by atoms with Crippen LogP contribution in [0.25, 0.3) is 11.2 Å². The second kappa shape index (κ2) is 7.13. The minimum atomic E-state index is -0.157. The van der Waals surface area contributed by atoms with Crippen LogP contribution in [0.1, 0.15) is 18.4 Å². The van der Waals surface area contributed by atoms with Gasteiger partial charge in [-0.15, -0.1) is 0 Å². The number of thioether (sulfide) groups is 1. The molecular formula is C18H22N6OS. The van der Waals surface area contributed by atoms with E-state index >= 15 is 0 Å². The van der Waals surface area contributed by atoms with Crippen molar-refractivity contribution in [3.05, 3.63) is 46.2 Å². The summed E-state index contributed by atoms with van der Waals surface area (Å²) < 4.78 is 1.97. The Morgan fingerprint density at radius 1 is 1.31 bits per heavy atom. The largest absolute Gasteiger partial charge is 0.341 e. The number of benzene rings is 1. The molecule has 1 saturated heterocycles. The number of hydrogen-bond donors (Lipinski definition) is 2. The molecule has 1 atom stereocenters. The molecule has 3 N–H and O–H groups in total. The van der Waals surface area contributed by atoms with E-state index in [0.717, 1.165) is 37.4 Å². The minimum Gasteiger partial charge on any atom is -0.341 e. The minimum absolute atomic E-state index is 0.127. The lowest BCUT2D eigenvalue weighted by molar-refractivity contribution is 0.495. The van der Waals surface area contributed by atoms with Crippen molar-refractivity contribution < 1.29 is 0 Å². The Morgan fingerprint density at radius 3 is 2.85 bits per heavy atom. The zero-order valence-electron chi connectivity index (χ0n) is 14.7. The third kappa shape index (κ3) is 3.22. The van der Waals surface area contributed by atoms with Gasteiger partial charge >= 0.3 is 0 Å². The van der Waals surface area contributed by atoms with Crippen LogP contribution < -0.4 is 16.2 Å².